The Hall–Kier alpha value is -0.730. The van der Waals surface area contributed by atoms with Gasteiger partial charge >= 0.3 is 0 Å². The Bertz CT molecular complexity index is 233. The lowest BCUT2D eigenvalue weighted by atomic mass is 9.82. The van der Waals surface area contributed by atoms with E-state index >= 15 is 0 Å². The van der Waals surface area contributed by atoms with E-state index in [1.807, 2.05) is 0 Å². The average Bonchev–Trinajstić information content (AvgIpc) is 2.76. The minimum absolute atomic E-state index is 0.286. The first-order chi connectivity index (χ1) is 6.25. The molecule has 0 aromatic rings. The highest BCUT2D eigenvalue weighted by molar-refractivity contribution is 5.75. The van der Waals surface area contributed by atoms with E-state index in [4.69, 9.17) is 11.1 Å². The number of nitrogens with two attached hydrogens (primary N) is 1. The Labute approximate surface area is 78.8 Å². The molecule has 3 heteroatoms. The molecular formula is C10H17N3. The second-order valence-electron chi connectivity index (χ2n) is 4.95. The van der Waals surface area contributed by atoms with Crippen molar-refractivity contribution in [3.63, 3.8) is 0 Å². The highest BCUT2D eigenvalue weighted by Gasteiger charge is 2.51. The van der Waals surface area contributed by atoms with E-state index in [-0.39, 0.29) is 5.96 Å². The lowest BCUT2D eigenvalue weighted by Crippen LogP contribution is -2.35. The molecule has 72 valence electrons. The molecule has 2 saturated carbocycles. The second-order valence-corrected chi connectivity index (χ2v) is 4.95. The smallest absolute Gasteiger partial charge is 0.188 e. The summed E-state index contributed by atoms with van der Waals surface area (Å²) in [7, 11) is 0. The standard InChI is InChI=1S/C10H17N3/c11-10(12)13-4-8-6-1-2-7(3-6)9(8)5-13/h6-9H,1-5H2,(H3,11,12). The SMILES string of the molecule is N=C(N)N1CC2C3CCC(C3)C2C1. The Morgan fingerprint density at radius 2 is 1.69 bits per heavy atom. The van der Waals surface area contributed by atoms with Crippen LogP contribution in [-0.4, -0.2) is 23.9 Å². The highest BCUT2D eigenvalue weighted by Crippen LogP contribution is 2.54. The number of guanidine groups is 1. The first-order valence-electron chi connectivity index (χ1n) is 5.34. The summed E-state index contributed by atoms with van der Waals surface area (Å²) in [5.74, 6) is 3.98. The van der Waals surface area contributed by atoms with Crippen molar-refractivity contribution in [2.75, 3.05) is 13.1 Å². The van der Waals surface area contributed by atoms with Crippen LogP contribution in [0.1, 0.15) is 19.3 Å². The van der Waals surface area contributed by atoms with E-state index in [0.717, 1.165) is 36.8 Å². The summed E-state index contributed by atoms with van der Waals surface area (Å²) in [5, 5.41) is 7.43. The van der Waals surface area contributed by atoms with E-state index in [0.29, 0.717) is 0 Å². The molecule has 0 aromatic carbocycles. The quantitative estimate of drug-likeness (QED) is 0.428. The minimum atomic E-state index is 0.286. The van der Waals surface area contributed by atoms with Gasteiger partial charge in [-0.3, -0.25) is 5.41 Å². The molecule has 13 heavy (non-hydrogen) atoms. The summed E-state index contributed by atoms with van der Waals surface area (Å²) in [6.07, 6.45) is 4.36. The van der Waals surface area contributed by atoms with Gasteiger partial charge in [-0.25, -0.2) is 0 Å². The summed E-state index contributed by atoms with van der Waals surface area (Å²) in [4.78, 5) is 2.07. The summed E-state index contributed by atoms with van der Waals surface area (Å²) < 4.78 is 0. The third kappa shape index (κ3) is 0.930. The number of nitrogens with zero attached hydrogens (tertiary/aromatic N) is 1. The number of nitrogens with one attached hydrogen (secondary N) is 1. The van der Waals surface area contributed by atoms with Crippen LogP contribution in [-0.2, 0) is 0 Å². The van der Waals surface area contributed by atoms with Crippen LogP contribution in [0.25, 0.3) is 0 Å². The van der Waals surface area contributed by atoms with Gasteiger partial charge in [0.25, 0.3) is 0 Å². The molecule has 2 bridgehead atoms. The van der Waals surface area contributed by atoms with Crippen molar-refractivity contribution in [3.05, 3.63) is 0 Å². The monoisotopic (exact) mass is 179 g/mol. The molecule has 0 aromatic heterocycles. The van der Waals surface area contributed by atoms with Crippen molar-refractivity contribution in [1.29, 1.82) is 5.41 Å². The van der Waals surface area contributed by atoms with Crippen molar-refractivity contribution in [2.24, 2.45) is 29.4 Å². The molecule has 3 N–H and O–H groups in total. The molecule has 3 aliphatic rings. The largest absolute Gasteiger partial charge is 0.370 e. The zero-order valence-electron chi connectivity index (χ0n) is 7.87. The van der Waals surface area contributed by atoms with Gasteiger partial charge in [0, 0.05) is 13.1 Å². The molecule has 4 unspecified atom stereocenters. The van der Waals surface area contributed by atoms with Crippen molar-refractivity contribution in [2.45, 2.75) is 19.3 Å². The third-order valence-corrected chi connectivity index (χ3v) is 4.48. The number of hydrogen-bond acceptors (Lipinski definition) is 1. The van der Waals surface area contributed by atoms with Gasteiger partial charge in [0.2, 0.25) is 0 Å². The van der Waals surface area contributed by atoms with E-state index in [9.17, 15) is 0 Å². The first-order valence-corrected chi connectivity index (χ1v) is 5.34. The van der Waals surface area contributed by atoms with Crippen molar-refractivity contribution >= 4 is 5.96 Å². The normalized spacial score (nSPS) is 46.9. The van der Waals surface area contributed by atoms with Crippen LogP contribution in [0.2, 0.25) is 0 Å². The van der Waals surface area contributed by atoms with Crippen LogP contribution in [0.15, 0.2) is 0 Å². The van der Waals surface area contributed by atoms with E-state index in [2.05, 4.69) is 4.90 Å². The molecule has 4 atom stereocenters. The lowest BCUT2D eigenvalue weighted by Gasteiger charge is -2.22. The maximum absolute atomic E-state index is 7.43. The molecule has 0 radical (unpaired) electrons. The van der Waals surface area contributed by atoms with Crippen LogP contribution in [0, 0.1) is 29.1 Å². The van der Waals surface area contributed by atoms with Crippen molar-refractivity contribution in [3.8, 4) is 0 Å². The van der Waals surface area contributed by atoms with E-state index in [1.54, 1.807) is 0 Å². The summed E-state index contributed by atoms with van der Waals surface area (Å²) >= 11 is 0. The Morgan fingerprint density at radius 1 is 1.15 bits per heavy atom. The van der Waals surface area contributed by atoms with Crippen LogP contribution >= 0.6 is 0 Å². The van der Waals surface area contributed by atoms with Crippen LogP contribution < -0.4 is 5.73 Å². The molecule has 3 fully saturated rings. The fourth-order valence-corrected chi connectivity index (χ4v) is 3.88. The number of rotatable bonds is 0. The van der Waals surface area contributed by atoms with Gasteiger partial charge in [0.15, 0.2) is 5.96 Å². The van der Waals surface area contributed by atoms with Crippen LogP contribution in [0.4, 0.5) is 0 Å². The summed E-state index contributed by atoms with van der Waals surface area (Å²) in [6, 6.07) is 0. The van der Waals surface area contributed by atoms with Gasteiger partial charge in [0.05, 0.1) is 0 Å². The third-order valence-electron chi connectivity index (χ3n) is 4.48. The molecule has 3 nitrogen and oxygen atoms in total. The van der Waals surface area contributed by atoms with Crippen molar-refractivity contribution in [1.82, 2.24) is 4.90 Å². The van der Waals surface area contributed by atoms with Gasteiger partial charge in [0.1, 0.15) is 0 Å². The lowest BCUT2D eigenvalue weighted by molar-refractivity contribution is 0.281. The Kier molecular flexibility index (Phi) is 1.41. The molecule has 3 rings (SSSR count). The Balaban J connectivity index is 1.79. The zero-order valence-corrected chi connectivity index (χ0v) is 7.87. The van der Waals surface area contributed by atoms with Crippen LogP contribution in [0.5, 0.6) is 0 Å². The fourth-order valence-electron chi connectivity index (χ4n) is 3.88. The number of likely N-dealkylation sites (tertiary alicyclic amines) is 1. The van der Waals surface area contributed by atoms with E-state index < -0.39 is 0 Å². The molecule has 1 saturated heterocycles. The first kappa shape index (κ1) is 7.65. The molecule has 2 aliphatic carbocycles. The number of fused-ring (bicyclic) bond motifs is 5. The van der Waals surface area contributed by atoms with Crippen LogP contribution in [0.3, 0.4) is 0 Å². The highest BCUT2D eigenvalue weighted by atomic mass is 15.3. The molecule has 1 aliphatic heterocycles. The maximum atomic E-state index is 7.43. The molecular weight excluding hydrogens is 162 g/mol. The Morgan fingerprint density at radius 3 is 2.15 bits per heavy atom. The van der Waals surface area contributed by atoms with Gasteiger partial charge in [-0.05, 0) is 42.9 Å². The fraction of sp³-hybridized carbons (Fsp3) is 0.900. The minimum Gasteiger partial charge on any atom is -0.370 e. The predicted octanol–water partition coefficient (Wildman–Crippen LogP) is 0.858. The predicted molar refractivity (Wildman–Crippen MR) is 51.3 cm³/mol. The molecule has 1 heterocycles. The molecule has 0 amide bonds. The average molecular weight is 179 g/mol. The topological polar surface area (TPSA) is 53.1 Å². The van der Waals surface area contributed by atoms with Gasteiger partial charge in [-0.2, -0.15) is 0 Å². The maximum Gasteiger partial charge on any atom is 0.188 e. The van der Waals surface area contributed by atoms with Gasteiger partial charge in [-0.15, -0.1) is 0 Å². The second kappa shape index (κ2) is 2.40. The number of hydrogen-bond donors (Lipinski definition) is 2. The summed E-state index contributed by atoms with van der Waals surface area (Å²) in [5.41, 5.74) is 5.52. The summed E-state index contributed by atoms with van der Waals surface area (Å²) in [6.45, 7) is 2.14. The van der Waals surface area contributed by atoms with Gasteiger partial charge in [-0.1, -0.05) is 0 Å². The van der Waals surface area contributed by atoms with E-state index in [1.165, 1.54) is 19.3 Å². The van der Waals surface area contributed by atoms with Gasteiger partial charge < -0.3 is 10.6 Å². The zero-order chi connectivity index (χ0) is 9.00. The van der Waals surface area contributed by atoms with Crippen molar-refractivity contribution < 1.29 is 0 Å². The molecule has 0 spiro atoms.